The van der Waals surface area contributed by atoms with Crippen molar-refractivity contribution in [1.29, 1.82) is 5.26 Å². The van der Waals surface area contributed by atoms with E-state index in [1.54, 1.807) is 19.1 Å². The number of hydrogen-bond donors (Lipinski definition) is 1. The molecule has 1 rings (SSSR count). The van der Waals surface area contributed by atoms with Crippen LogP contribution in [0.15, 0.2) is 24.3 Å². The molecule has 0 heterocycles. The molecule has 1 unspecified atom stereocenters. The molecule has 0 saturated heterocycles. The Balaban J connectivity index is 2.58. The van der Waals surface area contributed by atoms with Crippen molar-refractivity contribution < 1.29 is 14.6 Å². The maximum Gasteiger partial charge on any atom is 0.335 e. The highest BCUT2D eigenvalue weighted by atomic mass is 16.5. The zero-order valence-corrected chi connectivity index (χ0v) is 8.30. The number of nitriles is 1. The van der Waals surface area contributed by atoms with Crippen molar-refractivity contribution in [3.63, 3.8) is 0 Å². The van der Waals surface area contributed by atoms with Crippen molar-refractivity contribution in [2.75, 3.05) is 6.61 Å². The highest BCUT2D eigenvalue weighted by Crippen LogP contribution is 2.13. The van der Waals surface area contributed by atoms with Crippen molar-refractivity contribution in [3.05, 3.63) is 29.8 Å². The van der Waals surface area contributed by atoms with Crippen LogP contribution in [0.3, 0.4) is 0 Å². The van der Waals surface area contributed by atoms with Crippen molar-refractivity contribution >= 4 is 5.97 Å². The third-order valence-corrected chi connectivity index (χ3v) is 1.82. The molecule has 1 aromatic carbocycles. The van der Waals surface area contributed by atoms with Gasteiger partial charge in [-0.25, -0.2) is 4.79 Å². The van der Waals surface area contributed by atoms with Crippen LogP contribution in [0, 0.1) is 17.2 Å². The summed E-state index contributed by atoms with van der Waals surface area (Å²) in [4.78, 5) is 10.5. The average Bonchev–Trinajstić information content (AvgIpc) is 2.26. The Hall–Kier alpha value is -2.02. The summed E-state index contributed by atoms with van der Waals surface area (Å²) < 4.78 is 5.28. The Bertz CT molecular complexity index is 378. The van der Waals surface area contributed by atoms with E-state index < -0.39 is 5.97 Å². The minimum atomic E-state index is -0.966. The van der Waals surface area contributed by atoms with Gasteiger partial charge in [-0.3, -0.25) is 0 Å². The van der Waals surface area contributed by atoms with Crippen molar-refractivity contribution in [2.45, 2.75) is 6.92 Å². The number of carboxylic acid groups (broad SMARTS) is 1. The highest BCUT2D eigenvalue weighted by molar-refractivity contribution is 5.87. The highest BCUT2D eigenvalue weighted by Gasteiger charge is 2.03. The van der Waals surface area contributed by atoms with E-state index in [0.717, 1.165) is 0 Å². The van der Waals surface area contributed by atoms with E-state index in [4.69, 9.17) is 15.1 Å². The number of hydrogen-bond acceptors (Lipinski definition) is 3. The fraction of sp³-hybridized carbons (Fsp3) is 0.273. The van der Waals surface area contributed by atoms with Crippen molar-refractivity contribution in [2.24, 2.45) is 5.92 Å². The number of benzene rings is 1. The van der Waals surface area contributed by atoms with Gasteiger partial charge >= 0.3 is 5.97 Å². The maximum atomic E-state index is 10.5. The molecule has 4 heteroatoms. The predicted octanol–water partition coefficient (Wildman–Crippen LogP) is 1.92. The van der Waals surface area contributed by atoms with Crippen LogP contribution in [-0.4, -0.2) is 17.7 Å². The van der Waals surface area contributed by atoms with Crippen LogP contribution in [0.5, 0.6) is 5.75 Å². The summed E-state index contributed by atoms with van der Waals surface area (Å²) in [5, 5.41) is 17.2. The second-order valence-corrected chi connectivity index (χ2v) is 3.17. The Morgan fingerprint density at radius 1 is 1.53 bits per heavy atom. The van der Waals surface area contributed by atoms with Crippen LogP contribution in [0.2, 0.25) is 0 Å². The van der Waals surface area contributed by atoms with Gasteiger partial charge in [0, 0.05) is 0 Å². The third kappa shape index (κ3) is 3.31. The fourth-order valence-corrected chi connectivity index (χ4v) is 0.952. The van der Waals surface area contributed by atoms with E-state index >= 15 is 0 Å². The molecule has 0 aliphatic rings. The van der Waals surface area contributed by atoms with E-state index in [0.29, 0.717) is 12.4 Å². The van der Waals surface area contributed by atoms with Gasteiger partial charge in [0.1, 0.15) is 12.4 Å². The molecule has 15 heavy (non-hydrogen) atoms. The molecule has 0 aliphatic heterocycles. The molecule has 4 nitrogen and oxygen atoms in total. The lowest BCUT2D eigenvalue weighted by Crippen LogP contribution is -2.06. The molecular weight excluding hydrogens is 194 g/mol. The summed E-state index contributed by atoms with van der Waals surface area (Å²) in [6.45, 7) is 2.06. The summed E-state index contributed by atoms with van der Waals surface area (Å²) in [6, 6.07) is 8.13. The standard InChI is InChI=1S/C11H11NO3/c1-8(6-12)7-15-10-4-2-9(3-5-10)11(13)14/h2-5,8H,7H2,1H3,(H,13,14). The molecule has 0 aromatic heterocycles. The van der Waals surface area contributed by atoms with Crippen LogP contribution in [-0.2, 0) is 0 Å². The number of ether oxygens (including phenoxy) is 1. The Labute approximate surface area is 87.7 Å². The van der Waals surface area contributed by atoms with E-state index in [1.165, 1.54) is 12.1 Å². The molecule has 0 bridgehead atoms. The molecular formula is C11H11NO3. The van der Waals surface area contributed by atoms with Crippen LogP contribution < -0.4 is 4.74 Å². The van der Waals surface area contributed by atoms with Gasteiger partial charge in [0.2, 0.25) is 0 Å². The monoisotopic (exact) mass is 205 g/mol. The smallest absolute Gasteiger partial charge is 0.335 e. The first-order chi connectivity index (χ1) is 7.13. The number of nitrogens with zero attached hydrogens (tertiary/aromatic N) is 1. The van der Waals surface area contributed by atoms with Gasteiger partial charge in [-0.1, -0.05) is 0 Å². The quantitative estimate of drug-likeness (QED) is 0.815. The van der Waals surface area contributed by atoms with Crippen LogP contribution in [0.4, 0.5) is 0 Å². The lowest BCUT2D eigenvalue weighted by Gasteiger charge is -2.06. The summed E-state index contributed by atoms with van der Waals surface area (Å²) in [5.41, 5.74) is 0.218. The second-order valence-electron chi connectivity index (χ2n) is 3.17. The largest absolute Gasteiger partial charge is 0.492 e. The number of carbonyl (C=O) groups is 1. The molecule has 78 valence electrons. The number of carboxylic acids is 1. The molecule has 0 fully saturated rings. The lowest BCUT2D eigenvalue weighted by atomic mass is 10.2. The van der Waals surface area contributed by atoms with E-state index in [-0.39, 0.29) is 11.5 Å². The topological polar surface area (TPSA) is 70.3 Å². The van der Waals surface area contributed by atoms with Crippen molar-refractivity contribution in [3.8, 4) is 11.8 Å². The Kier molecular flexibility index (Phi) is 3.69. The molecule has 0 aliphatic carbocycles. The van der Waals surface area contributed by atoms with Gasteiger partial charge in [-0.15, -0.1) is 0 Å². The van der Waals surface area contributed by atoms with Crippen molar-refractivity contribution in [1.82, 2.24) is 0 Å². The van der Waals surface area contributed by atoms with Gasteiger partial charge in [-0.2, -0.15) is 5.26 Å². The summed E-state index contributed by atoms with van der Waals surface area (Å²) in [5.74, 6) is -0.571. The maximum absolute atomic E-state index is 10.5. The first-order valence-corrected chi connectivity index (χ1v) is 4.49. The Morgan fingerprint density at radius 2 is 2.13 bits per heavy atom. The zero-order valence-electron chi connectivity index (χ0n) is 8.30. The number of aromatic carboxylic acids is 1. The molecule has 0 spiro atoms. The summed E-state index contributed by atoms with van der Waals surface area (Å²) in [7, 11) is 0. The van der Waals surface area contributed by atoms with Crippen LogP contribution in [0.1, 0.15) is 17.3 Å². The van der Waals surface area contributed by atoms with E-state index in [9.17, 15) is 4.79 Å². The minimum Gasteiger partial charge on any atom is -0.492 e. The van der Waals surface area contributed by atoms with Gasteiger partial charge < -0.3 is 9.84 Å². The first-order valence-electron chi connectivity index (χ1n) is 4.49. The molecule has 1 atom stereocenters. The Morgan fingerprint density at radius 3 is 2.60 bits per heavy atom. The molecule has 0 amide bonds. The van der Waals surface area contributed by atoms with Gasteiger partial charge in [0.05, 0.1) is 17.6 Å². The average molecular weight is 205 g/mol. The summed E-state index contributed by atoms with van der Waals surface area (Å²) >= 11 is 0. The van der Waals surface area contributed by atoms with Crippen LogP contribution >= 0.6 is 0 Å². The molecule has 0 saturated carbocycles. The normalized spacial score (nSPS) is 11.5. The van der Waals surface area contributed by atoms with Gasteiger partial charge in [-0.05, 0) is 31.2 Å². The van der Waals surface area contributed by atoms with Gasteiger partial charge in [0.15, 0.2) is 0 Å². The third-order valence-electron chi connectivity index (χ3n) is 1.82. The molecule has 1 aromatic rings. The predicted molar refractivity (Wildman–Crippen MR) is 53.7 cm³/mol. The minimum absolute atomic E-state index is 0.177. The molecule has 0 radical (unpaired) electrons. The first kappa shape index (κ1) is 11.1. The lowest BCUT2D eigenvalue weighted by molar-refractivity contribution is 0.0697. The van der Waals surface area contributed by atoms with Crippen LogP contribution in [0.25, 0.3) is 0 Å². The SMILES string of the molecule is CC(C#N)COc1ccc(C(=O)O)cc1. The second kappa shape index (κ2) is 5.01. The summed E-state index contributed by atoms with van der Waals surface area (Å²) in [6.07, 6.45) is 0. The van der Waals surface area contributed by atoms with Gasteiger partial charge in [0.25, 0.3) is 0 Å². The fourth-order valence-electron chi connectivity index (χ4n) is 0.952. The van der Waals surface area contributed by atoms with E-state index in [1.807, 2.05) is 6.07 Å². The molecule has 1 N–H and O–H groups in total. The van der Waals surface area contributed by atoms with E-state index in [2.05, 4.69) is 0 Å². The zero-order chi connectivity index (χ0) is 11.3. The number of rotatable bonds is 4.